The summed E-state index contributed by atoms with van der Waals surface area (Å²) in [6.45, 7) is 0.549. The molecule has 2 aliphatic rings. The van der Waals surface area contributed by atoms with E-state index in [-0.39, 0.29) is 23.3 Å². The number of carbonyl (C=O) groups is 1. The van der Waals surface area contributed by atoms with Crippen LogP contribution < -0.4 is 20.5 Å². The van der Waals surface area contributed by atoms with E-state index in [0.29, 0.717) is 16.6 Å². The number of benzene rings is 2. The Labute approximate surface area is 233 Å². The molecule has 9 nitrogen and oxygen atoms in total. The summed E-state index contributed by atoms with van der Waals surface area (Å²) in [5, 5.41) is 2.36. The van der Waals surface area contributed by atoms with Crippen molar-refractivity contribution in [1.29, 1.82) is 0 Å². The van der Waals surface area contributed by atoms with Crippen molar-refractivity contribution < 1.29 is 35.5 Å². The van der Waals surface area contributed by atoms with Gasteiger partial charge in [0.25, 0.3) is 5.91 Å². The zero-order chi connectivity index (χ0) is 28.1. The van der Waals surface area contributed by atoms with E-state index in [4.69, 9.17) is 10.5 Å². The number of carbonyl (C=O) groups excluding carboxylic acids is 1. The van der Waals surface area contributed by atoms with E-state index < -0.39 is 74.5 Å². The maximum Gasteiger partial charge on any atom is 0.300 e. The summed E-state index contributed by atoms with van der Waals surface area (Å²) < 4.78 is 95.0. The van der Waals surface area contributed by atoms with Crippen LogP contribution in [0.2, 0.25) is 0 Å². The minimum atomic E-state index is -4.22. The van der Waals surface area contributed by atoms with Gasteiger partial charge in [-0.05, 0) is 70.5 Å². The third-order valence-electron chi connectivity index (χ3n) is 6.47. The Hall–Kier alpha value is -3.02. The lowest BCUT2D eigenvalue weighted by Crippen LogP contribution is -2.35. The molecule has 1 aromatic heterocycles. The summed E-state index contributed by atoms with van der Waals surface area (Å²) in [4.78, 5) is 15.8. The SMILES string of the molecule is NC(=O)c1cc(Cc2ccnc(NS(=O)(=O)NC3C4CCOC43)c2F)c(F)c(F)c1Nc1ccc(I)cc1F. The molecule has 3 aromatic rings. The van der Waals surface area contributed by atoms with Crippen LogP contribution in [0.15, 0.2) is 36.5 Å². The van der Waals surface area contributed by atoms with Gasteiger partial charge >= 0.3 is 10.2 Å². The van der Waals surface area contributed by atoms with Crippen molar-refractivity contribution >= 4 is 55.9 Å². The Balaban J connectivity index is 1.40. The van der Waals surface area contributed by atoms with Crippen LogP contribution in [0.25, 0.3) is 0 Å². The number of primary amides is 1. The second-order valence-electron chi connectivity index (χ2n) is 9.05. The van der Waals surface area contributed by atoms with E-state index in [9.17, 15) is 17.6 Å². The molecule has 5 rings (SSSR count). The Morgan fingerprint density at radius 3 is 2.54 bits per heavy atom. The van der Waals surface area contributed by atoms with Crippen molar-refractivity contribution in [2.75, 3.05) is 16.6 Å². The largest absolute Gasteiger partial charge is 0.376 e. The van der Waals surface area contributed by atoms with Crippen LogP contribution in [-0.2, 0) is 21.4 Å². The van der Waals surface area contributed by atoms with Crippen molar-refractivity contribution in [1.82, 2.24) is 9.71 Å². The van der Waals surface area contributed by atoms with Crippen molar-refractivity contribution in [2.24, 2.45) is 11.7 Å². The number of ether oxygens (including phenoxy) is 1. The predicted molar refractivity (Wildman–Crippen MR) is 142 cm³/mol. The molecular formula is C24H20F4IN5O4S. The molecule has 39 heavy (non-hydrogen) atoms. The van der Waals surface area contributed by atoms with Crippen LogP contribution in [0.5, 0.6) is 0 Å². The molecule has 1 saturated carbocycles. The monoisotopic (exact) mass is 677 g/mol. The second-order valence-corrected chi connectivity index (χ2v) is 11.7. The van der Waals surface area contributed by atoms with Gasteiger partial charge in [-0.25, -0.2) is 22.5 Å². The molecule has 0 spiro atoms. The number of hydrogen-bond acceptors (Lipinski definition) is 6. The van der Waals surface area contributed by atoms with Crippen molar-refractivity contribution in [3.63, 3.8) is 0 Å². The van der Waals surface area contributed by atoms with E-state index in [1.807, 2.05) is 27.3 Å². The quantitative estimate of drug-likeness (QED) is 0.202. The molecule has 0 bridgehead atoms. The van der Waals surface area contributed by atoms with Gasteiger partial charge in [0.15, 0.2) is 23.3 Å². The zero-order valence-corrected chi connectivity index (χ0v) is 22.7. The summed E-state index contributed by atoms with van der Waals surface area (Å²) in [5.74, 6) is -6.62. The summed E-state index contributed by atoms with van der Waals surface area (Å²) in [5.41, 5.74) is 3.27. The fourth-order valence-corrected chi connectivity index (χ4v) is 6.07. The number of hydrogen-bond donors (Lipinski definition) is 4. The molecule has 2 heterocycles. The van der Waals surface area contributed by atoms with Crippen LogP contribution in [0.1, 0.15) is 27.9 Å². The summed E-state index contributed by atoms with van der Waals surface area (Å²) in [6.07, 6.45) is 0.994. The van der Waals surface area contributed by atoms with Gasteiger partial charge in [-0.2, -0.15) is 13.1 Å². The van der Waals surface area contributed by atoms with Gasteiger partial charge < -0.3 is 15.8 Å². The van der Waals surface area contributed by atoms with Crippen molar-refractivity contribution in [3.8, 4) is 0 Å². The van der Waals surface area contributed by atoms with Gasteiger partial charge in [0.2, 0.25) is 0 Å². The van der Waals surface area contributed by atoms with Crippen LogP contribution in [0.4, 0.5) is 34.8 Å². The first-order valence-electron chi connectivity index (χ1n) is 11.5. The highest BCUT2D eigenvalue weighted by Crippen LogP contribution is 2.43. The summed E-state index contributed by atoms with van der Waals surface area (Å²) in [6, 6.07) is 5.58. The third kappa shape index (κ3) is 5.66. The number of halogens is 5. The molecular weight excluding hydrogens is 657 g/mol. The van der Waals surface area contributed by atoms with Crippen LogP contribution in [0.3, 0.4) is 0 Å². The Morgan fingerprint density at radius 1 is 1.10 bits per heavy atom. The lowest BCUT2D eigenvalue weighted by atomic mass is 10.00. The number of rotatable bonds is 9. The van der Waals surface area contributed by atoms with E-state index in [2.05, 4.69) is 15.0 Å². The molecule has 1 aliphatic heterocycles. The highest BCUT2D eigenvalue weighted by molar-refractivity contribution is 14.1. The first-order valence-corrected chi connectivity index (χ1v) is 14.1. The standard InChI is InChI=1S/C24H20F4IN5O4S/c25-15-9-12(29)1-2-16(15)32-20-14(23(30)35)8-11(17(26)19(20)28)7-10-3-5-31-24(18(10)27)34-39(36,37)33-21-13-4-6-38-22(13)21/h1-3,5,8-9,13,21-22,32-33H,4,6-7H2,(H2,30,35)(H,31,34). The molecule has 3 unspecified atom stereocenters. The number of pyridine rings is 1. The second kappa shape index (κ2) is 10.5. The number of amides is 1. The average Bonchev–Trinajstić information content (AvgIpc) is 3.26. The molecule has 1 saturated heterocycles. The van der Waals surface area contributed by atoms with Gasteiger partial charge in [0.05, 0.1) is 29.1 Å². The number of nitrogens with one attached hydrogen (secondary N) is 3. The Bertz CT molecular complexity index is 1580. The fraction of sp³-hybridized carbons (Fsp3) is 0.250. The van der Waals surface area contributed by atoms with Crippen molar-refractivity contribution in [3.05, 3.63) is 80.1 Å². The smallest absolute Gasteiger partial charge is 0.300 e. The van der Waals surface area contributed by atoms with Gasteiger partial charge in [-0.1, -0.05) is 0 Å². The van der Waals surface area contributed by atoms with Crippen LogP contribution >= 0.6 is 22.6 Å². The molecule has 2 aromatic carbocycles. The van der Waals surface area contributed by atoms with Crippen molar-refractivity contribution in [2.45, 2.75) is 25.0 Å². The molecule has 1 amide bonds. The highest BCUT2D eigenvalue weighted by Gasteiger charge is 2.56. The normalized spacial score (nSPS) is 20.0. The average molecular weight is 677 g/mol. The van der Waals surface area contributed by atoms with Gasteiger partial charge in [0, 0.05) is 28.7 Å². The number of aromatic nitrogens is 1. The summed E-state index contributed by atoms with van der Waals surface area (Å²) >= 11 is 1.86. The topological polar surface area (TPSA) is 135 Å². The van der Waals surface area contributed by atoms with E-state index in [1.165, 1.54) is 12.1 Å². The van der Waals surface area contributed by atoms with Gasteiger partial charge in [-0.3, -0.25) is 9.52 Å². The Morgan fingerprint density at radius 2 is 1.87 bits per heavy atom. The van der Waals surface area contributed by atoms with Gasteiger partial charge in [-0.15, -0.1) is 0 Å². The molecule has 2 fully saturated rings. The number of nitrogens with two attached hydrogens (primary N) is 1. The maximum atomic E-state index is 15.2. The molecule has 0 radical (unpaired) electrons. The molecule has 5 N–H and O–H groups in total. The lowest BCUT2D eigenvalue weighted by molar-refractivity contribution is 0.100. The van der Waals surface area contributed by atoms with E-state index in [0.717, 1.165) is 24.4 Å². The number of fused-ring (bicyclic) bond motifs is 1. The number of nitrogens with zero attached hydrogens (tertiary/aromatic N) is 1. The third-order valence-corrected chi connectivity index (χ3v) is 8.18. The first-order chi connectivity index (χ1) is 18.4. The lowest BCUT2D eigenvalue weighted by Gasteiger charge is -2.16. The summed E-state index contributed by atoms with van der Waals surface area (Å²) in [7, 11) is -4.22. The Kier molecular flexibility index (Phi) is 7.43. The van der Waals surface area contributed by atoms with Crippen LogP contribution in [-0.4, -0.2) is 38.1 Å². The molecule has 15 heteroatoms. The molecule has 3 atom stereocenters. The predicted octanol–water partition coefficient (Wildman–Crippen LogP) is 3.71. The van der Waals surface area contributed by atoms with Crippen LogP contribution in [0, 0.1) is 32.8 Å². The highest BCUT2D eigenvalue weighted by atomic mass is 127. The first kappa shape index (κ1) is 27.5. The minimum absolute atomic E-state index is 0.0580. The van der Waals surface area contributed by atoms with E-state index >= 15 is 13.2 Å². The molecule has 206 valence electrons. The zero-order valence-electron chi connectivity index (χ0n) is 19.8. The maximum absolute atomic E-state index is 15.2. The van der Waals surface area contributed by atoms with E-state index in [1.54, 1.807) is 0 Å². The number of anilines is 3. The minimum Gasteiger partial charge on any atom is -0.376 e. The molecule has 1 aliphatic carbocycles. The fourth-order valence-electron chi connectivity index (χ4n) is 4.49. The van der Waals surface area contributed by atoms with Gasteiger partial charge in [0.1, 0.15) is 5.82 Å².